The van der Waals surface area contributed by atoms with Gasteiger partial charge in [0, 0.05) is 0 Å². The smallest absolute Gasteiger partial charge is 0.366 e. The summed E-state index contributed by atoms with van der Waals surface area (Å²) in [6, 6.07) is 0. The van der Waals surface area contributed by atoms with Gasteiger partial charge in [0.25, 0.3) is 5.79 Å². The zero-order chi connectivity index (χ0) is 17.6. The molecular formula is C18H32O5. The summed E-state index contributed by atoms with van der Waals surface area (Å²) in [7, 11) is 0. The van der Waals surface area contributed by atoms with Crippen LogP contribution in [0.1, 0.15) is 71.1 Å². The monoisotopic (exact) mass is 328 g/mol. The molecule has 0 fully saturated rings. The van der Waals surface area contributed by atoms with E-state index in [0.717, 1.165) is 44.9 Å². The molecule has 5 nitrogen and oxygen atoms in total. The molecule has 4 N–H and O–H groups in total. The topological polar surface area (TPSA) is 98.0 Å². The van der Waals surface area contributed by atoms with Gasteiger partial charge in [-0.1, -0.05) is 50.5 Å². The van der Waals surface area contributed by atoms with E-state index in [1.165, 1.54) is 6.42 Å². The Bertz CT molecular complexity index is 360. The number of carboxylic acid groups (broad SMARTS) is 1. The Morgan fingerprint density at radius 2 is 1.43 bits per heavy atom. The lowest BCUT2D eigenvalue weighted by Crippen LogP contribution is -2.49. The highest BCUT2D eigenvalue weighted by Gasteiger charge is 2.41. The predicted octanol–water partition coefficient (Wildman–Crippen LogP) is 3.15. The number of allylic oxidation sites excluding steroid dienone is 4. The third-order valence-corrected chi connectivity index (χ3v) is 3.69. The predicted molar refractivity (Wildman–Crippen MR) is 90.9 cm³/mol. The number of aliphatic hydroxyl groups excluding tert-OH is 1. The normalized spacial score (nSPS) is 13.9. The molecule has 0 aromatic heterocycles. The summed E-state index contributed by atoms with van der Waals surface area (Å²) in [6.45, 7) is 2.13. The van der Waals surface area contributed by atoms with Gasteiger partial charge in [-0.05, 0) is 44.9 Å². The molecule has 1 unspecified atom stereocenters. The first-order chi connectivity index (χ1) is 10.9. The summed E-state index contributed by atoms with van der Waals surface area (Å²) in [6.07, 6.45) is 16.2. The molecule has 23 heavy (non-hydrogen) atoms. The lowest BCUT2D eigenvalue weighted by molar-refractivity contribution is -0.237. The van der Waals surface area contributed by atoms with E-state index in [1.807, 2.05) is 0 Å². The van der Waals surface area contributed by atoms with Crippen LogP contribution in [0.25, 0.3) is 0 Å². The Morgan fingerprint density at radius 3 is 2.00 bits per heavy atom. The largest absolute Gasteiger partial charge is 0.477 e. The van der Waals surface area contributed by atoms with Gasteiger partial charge in [-0.2, -0.15) is 0 Å². The average Bonchev–Trinajstić information content (AvgIpc) is 2.51. The van der Waals surface area contributed by atoms with Crippen molar-refractivity contribution in [2.75, 3.05) is 0 Å². The van der Waals surface area contributed by atoms with Crippen LogP contribution >= 0.6 is 0 Å². The van der Waals surface area contributed by atoms with Crippen LogP contribution in [0.4, 0.5) is 0 Å². The fourth-order valence-electron chi connectivity index (χ4n) is 2.17. The first kappa shape index (κ1) is 21.8. The number of aliphatic hydroxyl groups is 3. The quantitative estimate of drug-likeness (QED) is 0.223. The summed E-state index contributed by atoms with van der Waals surface area (Å²) in [5.41, 5.74) is 0. The summed E-state index contributed by atoms with van der Waals surface area (Å²) in [4.78, 5) is 10.5. The van der Waals surface area contributed by atoms with E-state index in [9.17, 15) is 9.90 Å². The second-order valence-corrected chi connectivity index (χ2v) is 5.82. The number of carboxylic acids is 1. The molecule has 0 heterocycles. The van der Waals surface area contributed by atoms with Gasteiger partial charge in [0.05, 0.1) is 0 Å². The van der Waals surface area contributed by atoms with Crippen molar-refractivity contribution in [1.82, 2.24) is 0 Å². The molecule has 0 bridgehead atoms. The molecule has 0 aliphatic rings. The van der Waals surface area contributed by atoms with Gasteiger partial charge in [0.2, 0.25) is 0 Å². The lowest BCUT2D eigenvalue weighted by atomic mass is 10.0. The van der Waals surface area contributed by atoms with Gasteiger partial charge < -0.3 is 20.4 Å². The molecule has 0 spiro atoms. The Hall–Kier alpha value is -1.17. The van der Waals surface area contributed by atoms with Gasteiger partial charge in [-0.15, -0.1) is 0 Å². The zero-order valence-electron chi connectivity index (χ0n) is 14.2. The first-order valence-corrected chi connectivity index (χ1v) is 8.59. The number of rotatable bonds is 14. The number of hydrogen-bond acceptors (Lipinski definition) is 4. The second kappa shape index (κ2) is 13.3. The van der Waals surface area contributed by atoms with E-state index in [4.69, 9.17) is 15.3 Å². The van der Waals surface area contributed by atoms with Crippen molar-refractivity contribution in [2.45, 2.75) is 83.0 Å². The molecular weight excluding hydrogens is 296 g/mol. The number of unbranched alkanes of at least 4 members (excludes halogenated alkanes) is 6. The molecule has 0 saturated carbocycles. The van der Waals surface area contributed by atoms with Crippen molar-refractivity contribution in [1.29, 1.82) is 0 Å². The molecule has 5 heteroatoms. The number of hydrogen-bond donors (Lipinski definition) is 4. The second-order valence-electron chi connectivity index (χ2n) is 5.82. The first-order valence-electron chi connectivity index (χ1n) is 8.59. The van der Waals surface area contributed by atoms with Gasteiger partial charge in [0.1, 0.15) is 6.10 Å². The van der Waals surface area contributed by atoms with Crippen LogP contribution in [0.3, 0.4) is 0 Å². The molecule has 0 aromatic carbocycles. The van der Waals surface area contributed by atoms with Crippen LogP contribution in [-0.4, -0.2) is 38.3 Å². The fraction of sp³-hybridized carbons (Fsp3) is 0.722. The minimum Gasteiger partial charge on any atom is -0.477 e. The molecule has 0 aliphatic carbocycles. The van der Waals surface area contributed by atoms with Crippen LogP contribution in [0.2, 0.25) is 0 Å². The van der Waals surface area contributed by atoms with Crippen molar-refractivity contribution in [3.05, 3.63) is 24.3 Å². The number of carbonyl (C=O) groups is 1. The minimum atomic E-state index is -3.05. The minimum absolute atomic E-state index is 0.0699. The van der Waals surface area contributed by atoms with Crippen LogP contribution in [0, 0.1) is 0 Å². The molecule has 134 valence electrons. The van der Waals surface area contributed by atoms with Crippen molar-refractivity contribution < 1.29 is 25.2 Å². The number of aliphatic carboxylic acids is 1. The fourth-order valence-corrected chi connectivity index (χ4v) is 2.17. The Balaban J connectivity index is 3.49. The molecule has 0 aliphatic heterocycles. The van der Waals surface area contributed by atoms with Crippen molar-refractivity contribution in [2.24, 2.45) is 0 Å². The molecule has 0 aromatic rings. The average molecular weight is 328 g/mol. The molecule has 0 amide bonds. The van der Waals surface area contributed by atoms with Gasteiger partial charge >= 0.3 is 5.97 Å². The molecule has 0 rings (SSSR count). The highest BCUT2D eigenvalue weighted by atomic mass is 16.6. The molecule has 1 atom stereocenters. The maximum absolute atomic E-state index is 10.5. The van der Waals surface area contributed by atoms with E-state index in [1.54, 1.807) is 0 Å². The van der Waals surface area contributed by atoms with E-state index >= 15 is 0 Å². The van der Waals surface area contributed by atoms with E-state index < -0.39 is 17.9 Å². The van der Waals surface area contributed by atoms with E-state index in [0.29, 0.717) is 6.42 Å². The Labute approximate surface area is 139 Å². The highest BCUT2D eigenvalue weighted by Crippen LogP contribution is 2.15. The van der Waals surface area contributed by atoms with Crippen LogP contribution in [0.15, 0.2) is 24.3 Å². The van der Waals surface area contributed by atoms with Crippen molar-refractivity contribution in [3.8, 4) is 0 Å². The lowest BCUT2D eigenvalue weighted by Gasteiger charge is -2.22. The molecule has 0 saturated heterocycles. The maximum Gasteiger partial charge on any atom is 0.366 e. The Morgan fingerprint density at radius 1 is 0.913 bits per heavy atom. The molecule has 0 radical (unpaired) electrons. The van der Waals surface area contributed by atoms with Crippen molar-refractivity contribution in [3.63, 3.8) is 0 Å². The van der Waals surface area contributed by atoms with Gasteiger partial charge in [-0.3, -0.25) is 0 Å². The third-order valence-electron chi connectivity index (χ3n) is 3.69. The van der Waals surface area contributed by atoms with Crippen LogP contribution < -0.4 is 0 Å². The summed E-state index contributed by atoms with van der Waals surface area (Å²) in [5, 5.41) is 36.3. The SMILES string of the molecule is CC/C=C/CCC/C=C/CCCCCCC(O)C(O)(O)C(=O)O. The highest BCUT2D eigenvalue weighted by molar-refractivity contribution is 5.75. The summed E-state index contributed by atoms with van der Waals surface area (Å²) >= 11 is 0. The van der Waals surface area contributed by atoms with Gasteiger partial charge in [-0.25, -0.2) is 4.79 Å². The van der Waals surface area contributed by atoms with E-state index in [2.05, 4.69) is 31.2 Å². The Kier molecular flexibility index (Phi) is 12.6. The maximum atomic E-state index is 10.5. The van der Waals surface area contributed by atoms with Crippen LogP contribution in [-0.2, 0) is 4.79 Å². The van der Waals surface area contributed by atoms with Gasteiger partial charge in [0.15, 0.2) is 0 Å². The third kappa shape index (κ3) is 11.1. The van der Waals surface area contributed by atoms with Crippen LogP contribution in [0.5, 0.6) is 0 Å². The standard InChI is InChI=1S/C18H32O5/c1-2-3-4-5-6-7-8-9-10-11-12-13-14-15-16(19)18(22,23)17(20)21/h3-4,8-9,16,19,22-23H,2,5-7,10-15H2,1H3,(H,20,21)/b4-3+,9-8+. The summed E-state index contributed by atoms with van der Waals surface area (Å²) in [5.74, 6) is -4.87. The van der Waals surface area contributed by atoms with Crippen molar-refractivity contribution >= 4 is 5.97 Å². The zero-order valence-corrected chi connectivity index (χ0v) is 14.2. The van der Waals surface area contributed by atoms with E-state index in [-0.39, 0.29) is 6.42 Å². The summed E-state index contributed by atoms with van der Waals surface area (Å²) < 4.78 is 0.